The highest BCUT2D eigenvalue weighted by molar-refractivity contribution is 5.87. The fraction of sp³-hybridized carbons (Fsp3) is 0.481. The number of ether oxygens (including phenoxy) is 1. The molecule has 0 aromatic heterocycles. The lowest BCUT2D eigenvalue weighted by Gasteiger charge is -2.46. The second-order valence-corrected chi connectivity index (χ2v) is 9.69. The Morgan fingerprint density at radius 2 is 1.86 bits per heavy atom. The first kappa shape index (κ1) is 25.0. The highest BCUT2D eigenvalue weighted by Crippen LogP contribution is 2.44. The van der Waals surface area contributed by atoms with E-state index in [4.69, 9.17) is 4.74 Å². The molecule has 0 saturated carbocycles. The SMILES string of the molecule is CCCC(NC(=O)NCc1ccc(F)cc1)C(=O)NC1CC2(CCN(C)CC2)Oc2ccccc21. The van der Waals surface area contributed by atoms with Crippen LogP contribution < -0.4 is 20.7 Å². The number of rotatable bonds is 7. The van der Waals surface area contributed by atoms with Crippen molar-refractivity contribution < 1.29 is 18.7 Å². The summed E-state index contributed by atoms with van der Waals surface area (Å²) in [5.74, 6) is 0.300. The smallest absolute Gasteiger partial charge is 0.315 e. The van der Waals surface area contributed by atoms with Crippen LogP contribution in [0.25, 0.3) is 0 Å². The number of piperidine rings is 1. The summed E-state index contributed by atoms with van der Waals surface area (Å²) in [7, 11) is 2.12. The summed E-state index contributed by atoms with van der Waals surface area (Å²) in [4.78, 5) is 28.2. The molecular formula is C27H35FN4O3. The zero-order valence-corrected chi connectivity index (χ0v) is 20.5. The van der Waals surface area contributed by atoms with Crippen molar-refractivity contribution in [1.82, 2.24) is 20.9 Å². The number of fused-ring (bicyclic) bond motifs is 1. The van der Waals surface area contributed by atoms with Crippen molar-refractivity contribution in [2.24, 2.45) is 0 Å². The Labute approximate surface area is 206 Å². The van der Waals surface area contributed by atoms with Gasteiger partial charge < -0.3 is 25.6 Å². The average molecular weight is 483 g/mol. The van der Waals surface area contributed by atoms with E-state index in [-0.39, 0.29) is 29.9 Å². The first-order valence-corrected chi connectivity index (χ1v) is 12.4. The van der Waals surface area contributed by atoms with E-state index in [0.717, 1.165) is 49.2 Å². The highest BCUT2D eigenvalue weighted by Gasteiger charge is 2.43. The molecule has 8 heteroatoms. The minimum atomic E-state index is -0.656. The molecule has 3 amide bonds. The summed E-state index contributed by atoms with van der Waals surface area (Å²) in [6, 6.07) is 12.6. The van der Waals surface area contributed by atoms with Crippen LogP contribution in [0.2, 0.25) is 0 Å². The third-order valence-electron chi connectivity index (χ3n) is 6.98. The van der Waals surface area contributed by atoms with Crippen LogP contribution in [0.5, 0.6) is 5.75 Å². The fourth-order valence-electron chi connectivity index (χ4n) is 4.90. The molecule has 4 rings (SSSR count). The van der Waals surface area contributed by atoms with Gasteiger partial charge >= 0.3 is 6.03 Å². The minimum absolute atomic E-state index is 0.181. The summed E-state index contributed by atoms with van der Waals surface area (Å²) >= 11 is 0. The molecule has 2 aliphatic heterocycles. The number of benzene rings is 2. The molecule has 2 aliphatic rings. The molecule has 35 heavy (non-hydrogen) atoms. The minimum Gasteiger partial charge on any atom is -0.487 e. The van der Waals surface area contributed by atoms with Crippen LogP contribution >= 0.6 is 0 Å². The number of hydrogen-bond donors (Lipinski definition) is 3. The van der Waals surface area contributed by atoms with Crippen molar-refractivity contribution in [3.8, 4) is 5.75 Å². The number of likely N-dealkylation sites (tertiary alicyclic amines) is 1. The van der Waals surface area contributed by atoms with Gasteiger partial charge in [-0.25, -0.2) is 9.18 Å². The molecule has 3 N–H and O–H groups in total. The third-order valence-corrected chi connectivity index (χ3v) is 6.98. The Morgan fingerprint density at radius 3 is 2.57 bits per heavy atom. The molecule has 2 heterocycles. The number of para-hydroxylation sites is 1. The van der Waals surface area contributed by atoms with Crippen LogP contribution in [0.4, 0.5) is 9.18 Å². The zero-order chi connectivity index (χ0) is 24.8. The van der Waals surface area contributed by atoms with Gasteiger partial charge in [0.1, 0.15) is 23.2 Å². The van der Waals surface area contributed by atoms with Gasteiger partial charge in [0.25, 0.3) is 0 Å². The number of nitrogens with one attached hydrogen (secondary N) is 3. The van der Waals surface area contributed by atoms with Gasteiger partial charge in [0.05, 0.1) is 6.04 Å². The lowest BCUT2D eigenvalue weighted by atomic mass is 9.80. The van der Waals surface area contributed by atoms with Crippen molar-refractivity contribution in [1.29, 1.82) is 0 Å². The summed E-state index contributed by atoms with van der Waals surface area (Å²) < 4.78 is 19.6. The molecule has 7 nitrogen and oxygen atoms in total. The molecule has 2 atom stereocenters. The molecule has 188 valence electrons. The molecule has 0 radical (unpaired) electrons. The Hall–Kier alpha value is -3.13. The van der Waals surface area contributed by atoms with Gasteiger partial charge in [-0.2, -0.15) is 0 Å². The topological polar surface area (TPSA) is 82.7 Å². The monoisotopic (exact) mass is 482 g/mol. The van der Waals surface area contributed by atoms with Gasteiger partial charge in [0.15, 0.2) is 0 Å². The second-order valence-electron chi connectivity index (χ2n) is 9.69. The molecular weight excluding hydrogens is 447 g/mol. The molecule has 1 fully saturated rings. The van der Waals surface area contributed by atoms with Crippen molar-refractivity contribution in [2.45, 2.75) is 63.3 Å². The van der Waals surface area contributed by atoms with Crippen LogP contribution in [-0.2, 0) is 11.3 Å². The maximum absolute atomic E-state index is 13.3. The molecule has 1 saturated heterocycles. The van der Waals surface area contributed by atoms with Gasteiger partial charge in [-0.15, -0.1) is 0 Å². The maximum Gasteiger partial charge on any atom is 0.315 e. The van der Waals surface area contributed by atoms with Crippen LogP contribution in [0.3, 0.4) is 0 Å². The van der Waals surface area contributed by atoms with E-state index < -0.39 is 12.1 Å². The number of halogens is 1. The highest BCUT2D eigenvalue weighted by atomic mass is 19.1. The number of amides is 3. The number of carbonyl (C=O) groups excluding carboxylic acids is 2. The first-order valence-electron chi connectivity index (χ1n) is 12.4. The van der Waals surface area contributed by atoms with Crippen LogP contribution in [-0.4, -0.2) is 48.6 Å². The van der Waals surface area contributed by atoms with E-state index in [1.54, 1.807) is 12.1 Å². The predicted octanol–water partition coefficient (Wildman–Crippen LogP) is 3.90. The molecule has 2 unspecified atom stereocenters. The summed E-state index contributed by atoms with van der Waals surface area (Å²) in [6.07, 6.45) is 3.80. The van der Waals surface area contributed by atoms with E-state index in [2.05, 4.69) is 27.9 Å². The van der Waals surface area contributed by atoms with E-state index in [1.807, 2.05) is 31.2 Å². The normalized spacial score (nSPS) is 19.8. The maximum atomic E-state index is 13.3. The van der Waals surface area contributed by atoms with Gasteiger partial charge in [0.2, 0.25) is 5.91 Å². The average Bonchev–Trinajstić information content (AvgIpc) is 2.85. The van der Waals surface area contributed by atoms with Gasteiger partial charge in [-0.1, -0.05) is 43.7 Å². The Morgan fingerprint density at radius 1 is 1.14 bits per heavy atom. The zero-order valence-electron chi connectivity index (χ0n) is 20.5. The lowest BCUT2D eigenvalue weighted by molar-refractivity contribution is -0.124. The molecule has 2 aromatic rings. The summed E-state index contributed by atoms with van der Waals surface area (Å²) in [5.41, 5.74) is 1.46. The lowest BCUT2D eigenvalue weighted by Crippen LogP contribution is -2.54. The van der Waals surface area contributed by atoms with Gasteiger partial charge in [-0.3, -0.25) is 4.79 Å². The van der Waals surface area contributed by atoms with E-state index in [0.29, 0.717) is 12.8 Å². The van der Waals surface area contributed by atoms with E-state index in [1.165, 1.54) is 12.1 Å². The van der Waals surface area contributed by atoms with E-state index >= 15 is 0 Å². The molecule has 0 bridgehead atoms. The Bertz CT molecular complexity index is 1020. The fourth-order valence-corrected chi connectivity index (χ4v) is 4.90. The number of carbonyl (C=O) groups is 2. The van der Waals surface area contributed by atoms with Crippen molar-refractivity contribution in [3.63, 3.8) is 0 Å². The van der Waals surface area contributed by atoms with Gasteiger partial charge in [-0.05, 0) is 50.1 Å². The largest absolute Gasteiger partial charge is 0.487 e. The molecule has 2 aromatic carbocycles. The third kappa shape index (κ3) is 6.31. The summed E-state index contributed by atoms with van der Waals surface area (Å²) in [6.45, 7) is 4.14. The summed E-state index contributed by atoms with van der Waals surface area (Å²) in [5, 5.41) is 8.78. The van der Waals surface area contributed by atoms with Crippen molar-refractivity contribution in [2.75, 3.05) is 20.1 Å². The molecule has 0 aliphatic carbocycles. The quantitative estimate of drug-likeness (QED) is 0.559. The number of urea groups is 1. The van der Waals surface area contributed by atoms with Crippen molar-refractivity contribution in [3.05, 3.63) is 65.5 Å². The van der Waals surface area contributed by atoms with Crippen LogP contribution in [0.15, 0.2) is 48.5 Å². The van der Waals surface area contributed by atoms with Gasteiger partial charge in [0, 0.05) is 31.6 Å². The second kappa shape index (κ2) is 11.1. The predicted molar refractivity (Wildman–Crippen MR) is 133 cm³/mol. The van der Waals surface area contributed by atoms with E-state index in [9.17, 15) is 14.0 Å². The van der Waals surface area contributed by atoms with Crippen LogP contribution in [0.1, 0.15) is 56.2 Å². The number of hydrogen-bond acceptors (Lipinski definition) is 4. The van der Waals surface area contributed by atoms with Crippen LogP contribution in [0, 0.1) is 5.82 Å². The Kier molecular flexibility index (Phi) is 7.90. The number of nitrogens with zero attached hydrogens (tertiary/aromatic N) is 1. The molecule has 1 spiro atoms. The first-order chi connectivity index (χ1) is 16.9. The standard InChI is InChI=1S/C27H35FN4O3/c1-3-6-22(31-26(34)29-18-19-9-11-20(28)12-10-19)25(33)30-23-17-27(13-15-32(2)16-14-27)35-24-8-5-4-7-21(23)24/h4-5,7-12,22-23H,3,6,13-18H2,1-2H3,(H,30,33)(H2,29,31,34). The Balaban J connectivity index is 1.41. The van der Waals surface area contributed by atoms with Crippen molar-refractivity contribution >= 4 is 11.9 Å².